The van der Waals surface area contributed by atoms with Gasteiger partial charge in [0.2, 0.25) is 0 Å². The zero-order chi connectivity index (χ0) is 17.1. The summed E-state index contributed by atoms with van der Waals surface area (Å²) in [6.45, 7) is 0. The number of rotatable bonds is 3. The lowest BCUT2D eigenvalue weighted by Crippen LogP contribution is -2.65. The van der Waals surface area contributed by atoms with Crippen LogP contribution in [0.5, 0.6) is 5.75 Å². The molecule has 0 radical (unpaired) electrons. The fourth-order valence-electron chi connectivity index (χ4n) is 6.05. The van der Waals surface area contributed by atoms with Gasteiger partial charge in [-0.2, -0.15) is 0 Å². The maximum Gasteiger partial charge on any atom is 0.339 e. The summed E-state index contributed by atoms with van der Waals surface area (Å²) >= 11 is 5.11. The molecule has 0 saturated heterocycles. The predicted octanol–water partition coefficient (Wildman–Crippen LogP) is 2.51. The molecule has 4 fully saturated rings. The molecular formula is C18H22N2O3S. The third-order valence-electron chi connectivity index (χ3n) is 6.29. The van der Waals surface area contributed by atoms with E-state index in [2.05, 4.69) is 5.32 Å². The molecule has 4 aliphatic rings. The SMILES string of the molecule is NC(=S)NC12CC3CC(C1)CC(c1ccc(O)c(C(=O)O)c1)(C3)C2. The summed E-state index contributed by atoms with van der Waals surface area (Å²) in [5, 5.41) is 22.9. The first-order chi connectivity index (χ1) is 11.3. The first-order valence-corrected chi connectivity index (χ1v) is 8.86. The highest BCUT2D eigenvalue weighted by molar-refractivity contribution is 7.80. The number of carboxylic acids is 1. The van der Waals surface area contributed by atoms with E-state index >= 15 is 0 Å². The summed E-state index contributed by atoms with van der Waals surface area (Å²) in [7, 11) is 0. The molecule has 4 bridgehead atoms. The Morgan fingerprint density at radius 1 is 1.25 bits per heavy atom. The summed E-state index contributed by atoms with van der Waals surface area (Å²) < 4.78 is 0. The predicted molar refractivity (Wildman–Crippen MR) is 94.1 cm³/mol. The topological polar surface area (TPSA) is 95.6 Å². The molecule has 0 aromatic heterocycles. The van der Waals surface area contributed by atoms with Crippen molar-refractivity contribution in [2.75, 3.05) is 0 Å². The van der Waals surface area contributed by atoms with Crippen LogP contribution in [0.25, 0.3) is 0 Å². The minimum Gasteiger partial charge on any atom is -0.507 e. The molecule has 0 heterocycles. The normalized spacial score (nSPS) is 36.5. The summed E-state index contributed by atoms with van der Waals surface area (Å²) in [6.07, 6.45) is 6.50. The number of carboxylic acid groups (broad SMARTS) is 1. The van der Waals surface area contributed by atoms with Gasteiger partial charge in [0.1, 0.15) is 11.3 Å². The van der Waals surface area contributed by atoms with Gasteiger partial charge in [-0.25, -0.2) is 4.79 Å². The minimum atomic E-state index is -1.09. The molecule has 0 aliphatic heterocycles. The molecule has 5 nitrogen and oxygen atoms in total. The summed E-state index contributed by atoms with van der Waals surface area (Å²) in [5.74, 6) is -0.0210. The number of hydrogen-bond acceptors (Lipinski definition) is 3. The van der Waals surface area contributed by atoms with Crippen LogP contribution in [-0.4, -0.2) is 26.8 Å². The van der Waals surface area contributed by atoms with Gasteiger partial charge >= 0.3 is 5.97 Å². The zero-order valence-corrected chi connectivity index (χ0v) is 14.2. The smallest absolute Gasteiger partial charge is 0.339 e. The Hall–Kier alpha value is -1.82. The number of nitrogens with one attached hydrogen (secondary N) is 1. The number of hydrogen-bond donors (Lipinski definition) is 4. The average molecular weight is 346 g/mol. The number of thiocarbonyl (C=S) groups is 1. The van der Waals surface area contributed by atoms with Gasteiger partial charge < -0.3 is 21.3 Å². The fourth-order valence-corrected chi connectivity index (χ4v) is 6.26. The first kappa shape index (κ1) is 15.7. The number of aromatic hydroxyl groups is 1. The van der Waals surface area contributed by atoms with Gasteiger partial charge in [0, 0.05) is 5.54 Å². The van der Waals surface area contributed by atoms with Gasteiger partial charge in [0.05, 0.1) is 0 Å². The minimum absolute atomic E-state index is 0.0143. The van der Waals surface area contributed by atoms with Gasteiger partial charge in [-0.1, -0.05) is 6.07 Å². The summed E-state index contributed by atoms with van der Waals surface area (Å²) in [6, 6.07) is 5.08. The Morgan fingerprint density at radius 3 is 2.50 bits per heavy atom. The van der Waals surface area contributed by atoms with Crippen molar-refractivity contribution in [1.82, 2.24) is 5.32 Å². The van der Waals surface area contributed by atoms with E-state index in [0.29, 0.717) is 16.9 Å². The summed E-state index contributed by atoms with van der Waals surface area (Å²) in [5.41, 5.74) is 6.70. The number of aromatic carboxylic acids is 1. The first-order valence-electron chi connectivity index (χ1n) is 8.45. The highest BCUT2D eigenvalue weighted by Gasteiger charge is 2.58. The van der Waals surface area contributed by atoms with Gasteiger partial charge in [-0.05, 0) is 85.7 Å². The van der Waals surface area contributed by atoms with Gasteiger partial charge in [-0.15, -0.1) is 0 Å². The van der Waals surface area contributed by atoms with Crippen LogP contribution in [0.4, 0.5) is 0 Å². The van der Waals surface area contributed by atoms with Crippen molar-refractivity contribution in [2.24, 2.45) is 17.6 Å². The van der Waals surface area contributed by atoms with Crippen molar-refractivity contribution < 1.29 is 15.0 Å². The lowest BCUT2D eigenvalue weighted by atomic mass is 9.45. The van der Waals surface area contributed by atoms with Crippen molar-refractivity contribution in [3.8, 4) is 5.75 Å². The molecule has 6 heteroatoms. The highest BCUT2D eigenvalue weighted by atomic mass is 32.1. The van der Waals surface area contributed by atoms with Crippen LogP contribution < -0.4 is 11.1 Å². The molecule has 24 heavy (non-hydrogen) atoms. The molecule has 1 aromatic rings. The van der Waals surface area contributed by atoms with E-state index in [1.165, 1.54) is 12.5 Å². The largest absolute Gasteiger partial charge is 0.507 e. The van der Waals surface area contributed by atoms with E-state index in [4.69, 9.17) is 18.0 Å². The third-order valence-corrected chi connectivity index (χ3v) is 6.39. The number of phenols is 1. The van der Waals surface area contributed by atoms with E-state index in [1.54, 1.807) is 6.07 Å². The second-order valence-electron chi connectivity index (χ2n) is 8.05. The van der Waals surface area contributed by atoms with Crippen LogP contribution in [0.2, 0.25) is 0 Å². The quantitative estimate of drug-likeness (QED) is 0.628. The molecule has 5 N–H and O–H groups in total. The van der Waals surface area contributed by atoms with Crippen molar-refractivity contribution in [1.29, 1.82) is 0 Å². The average Bonchev–Trinajstić information content (AvgIpc) is 2.44. The fraction of sp³-hybridized carbons (Fsp3) is 0.556. The van der Waals surface area contributed by atoms with Crippen LogP contribution in [0, 0.1) is 11.8 Å². The van der Waals surface area contributed by atoms with Crippen LogP contribution in [0.1, 0.15) is 54.4 Å². The van der Waals surface area contributed by atoms with Gasteiger partial charge in [-0.3, -0.25) is 0 Å². The second kappa shape index (κ2) is 5.09. The van der Waals surface area contributed by atoms with Crippen molar-refractivity contribution in [3.63, 3.8) is 0 Å². The Balaban J connectivity index is 1.76. The lowest BCUT2D eigenvalue weighted by Gasteiger charge is -2.62. The molecular weight excluding hydrogens is 324 g/mol. The van der Waals surface area contributed by atoms with Crippen LogP contribution >= 0.6 is 12.2 Å². The monoisotopic (exact) mass is 346 g/mol. The number of carbonyl (C=O) groups is 1. The van der Waals surface area contributed by atoms with Crippen molar-refractivity contribution >= 4 is 23.3 Å². The molecule has 5 rings (SSSR count). The Morgan fingerprint density at radius 2 is 1.92 bits per heavy atom. The van der Waals surface area contributed by atoms with E-state index in [9.17, 15) is 15.0 Å². The molecule has 0 spiro atoms. The standard InChI is InChI=1S/C18H22N2O3S/c19-16(24)20-18-7-10-3-11(8-18)6-17(5-10,9-18)12-1-2-14(21)13(4-12)15(22)23/h1-2,4,10-11,21H,3,5-9H2,(H,22,23)(H3,19,20,24). The zero-order valence-electron chi connectivity index (χ0n) is 13.4. The maximum absolute atomic E-state index is 11.4. The third kappa shape index (κ3) is 2.35. The van der Waals surface area contributed by atoms with Crippen molar-refractivity contribution in [3.05, 3.63) is 29.3 Å². The summed E-state index contributed by atoms with van der Waals surface area (Å²) in [4.78, 5) is 11.4. The van der Waals surface area contributed by atoms with E-state index in [0.717, 1.165) is 37.7 Å². The molecule has 4 aliphatic carbocycles. The van der Waals surface area contributed by atoms with Gasteiger partial charge in [0.15, 0.2) is 5.11 Å². The molecule has 2 unspecified atom stereocenters. The number of nitrogens with two attached hydrogens (primary N) is 1. The van der Waals surface area contributed by atoms with E-state index in [-0.39, 0.29) is 22.3 Å². The Labute approximate surface area is 146 Å². The van der Waals surface area contributed by atoms with Crippen LogP contribution in [0.15, 0.2) is 18.2 Å². The maximum atomic E-state index is 11.4. The Bertz CT molecular complexity index is 719. The van der Waals surface area contributed by atoms with Gasteiger partial charge in [0.25, 0.3) is 0 Å². The van der Waals surface area contributed by atoms with Crippen LogP contribution in [-0.2, 0) is 5.41 Å². The molecule has 0 amide bonds. The Kier molecular flexibility index (Phi) is 3.33. The number of benzene rings is 1. The molecule has 1 aromatic carbocycles. The molecule has 4 saturated carbocycles. The highest BCUT2D eigenvalue weighted by Crippen LogP contribution is 2.62. The molecule has 128 valence electrons. The van der Waals surface area contributed by atoms with Crippen LogP contribution in [0.3, 0.4) is 0 Å². The second-order valence-corrected chi connectivity index (χ2v) is 8.49. The van der Waals surface area contributed by atoms with E-state index in [1.807, 2.05) is 6.07 Å². The van der Waals surface area contributed by atoms with E-state index < -0.39 is 5.97 Å². The van der Waals surface area contributed by atoms with Crippen molar-refractivity contribution in [2.45, 2.75) is 49.5 Å². The lowest BCUT2D eigenvalue weighted by molar-refractivity contribution is -0.0320. The molecule has 2 atom stereocenters.